The number of fused-ring (bicyclic) bond motifs is 1. The maximum atomic E-state index is 14.2. The van der Waals surface area contributed by atoms with Crippen molar-refractivity contribution in [3.8, 4) is 11.3 Å². The highest BCUT2D eigenvalue weighted by Gasteiger charge is 2.14. The summed E-state index contributed by atoms with van der Waals surface area (Å²) in [6.07, 6.45) is 2.77. The molecule has 4 rings (SSSR count). The van der Waals surface area contributed by atoms with E-state index in [1.165, 1.54) is 18.2 Å². The second kappa shape index (κ2) is 6.45. The molecule has 134 valence electrons. The molecule has 0 atom stereocenters. The number of nitrogens with one attached hydrogen (secondary N) is 1. The smallest absolute Gasteiger partial charge is 0.270 e. The third kappa shape index (κ3) is 3.17. The highest BCUT2D eigenvalue weighted by atomic mass is 19.1. The monoisotopic (exact) mass is 364 g/mol. The molecule has 0 radical (unpaired) electrons. The molecule has 0 amide bonds. The number of anilines is 2. The predicted octanol–water partition coefficient (Wildman–Crippen LogP) is 3.82. The summed E-state index contributed by atoms with van der Waals surface area (Å²) in [5.74, 6) is -0.482. The molecule has 0 fully saturated rings. The Bertz CT molecular complexity index is 1170. The fourth-order valence-electron chi connectivity index (χ4n) is 2.77. The fourth-order valence-corrected chi connectivity index (χ4v) is 2.77. The van der Waals surface area contributed by atoms with Crippen molar-refractivity contribution in [2.45, 2.75) is 0 Å². The van der Waals surface area contributed by atoms with Crippen LogP contribution in [0.3, 0.4) is 0 Å². The van der Waals surface area contributed by atoms with Crippen LogP contribution in [0.1, 0.15) is 0 Å². The first-order chi connectivity index (χ1) is 13.0. The van der Waals surface area contributed by atoms with Gasteiger partial charge in [-0.2, -0.15) is 5.10 Å². The van der Waals surface area contributed by atoms with Gasteiger partial charge in [0.2, 0.25) is 5.95 Å². The van der Waals surface area contributed by atoms with Crippen molar-refractivity contribution >= 4 is 28.2 Å². The maximum absolute atomic E-state index is 14.2. The number of non-ortho nitro benzene ring substituents is 1. The Balaban J connectivity index is 1.69. The van der Waals surface area contributed by atoms with Crippen LogP contribution >= 0.6 is 0 Å². The highest BCUT2D eigenvalue weighted by Crippen LogP contribution is 2.26. The lowest BCUT2D eigenvalue weighted by atomic mass is 10.1. The fraction of sp³-hybridized carbons (Fsp3) is 0.0556. The van der Waals surface area contributed by atoms with E-state index in [4.69, 9.17) is 0 Å². The van der Waals surface area contributed by atoms with Crippen molar-refractivity contribution in [3.63, 3.8) is 0 Å². The maximum Gasteiger partial charge on any atom is 0.270 e. The van der Waals surface area contributed by atoms with Gasteiger partial charge in [0.15, 0.2) is 5.82 Å². The standard InChI is InChI=1S/C18H13FN6O2/c1-24-16-6-5-13(7-12(16)9-21-24)22-18-20-10-15(19)17(23-18)11-3-2-4-14(8-11)25(26)27/h2-10H,1H3,(H,20,22,23). The van der Waals surface area contributed by atoms with Gasteiger partial charge < -0.3 is 5.32 Å². The molecule has 2 aromatic heterocycles. The number of hydrogen-bond acceptors (Lipinski definition) is 6. The molecule has 0 unspecified atom stereocenters. The number of aryl methyl sites for hydroxylation is 1. The number of halogens is 1. The van der Waals surface area contributed by atoms with E-state index in [0.29, 0.717) is 11.3 Å². The summed E-state index contributed by atoms with van der Waals surface area (Å²) in [4.78, 5) is 18.5. The SMILES string of the molecule is Cn1ncc2cc(Nc3ncc(F)c(-c4cccc([N+](=O)[O-])c4)n3)ccc21. The van der Waals surface area contributed by atoms with E-state index in [-0.39, 0.29) is 17.3 Å². The molecule has 2 heterocycles. The molecule has 1 N–H and O–H groups in total. The topological polar surface area (TPSA) is 98.8 Å². The van der Waals surface area contributed by atoms with Crippen LogP contribution in [0.25, 0.3) is 22.2 Å². The third-order valence-corrected chi connectivity index (χ3v) is 4.08. The lowest BCUT2D eigenvalue weighted by Gasteiger charge is -2.08. The van der Waals surface area contributed by atoms with Gasteiger partial charge in [-0.3, -0.25) is 14.8 Å². The van der Waals surface area contributed by atoms with Crippen molar-refractivity contribution in [1.82, 2.24) is 19.7 Å². The third-order valence-electron chi connectivity index (χ3n) is 4.08. The second-order valence-electron chi connectivity index (χ2n) is 5.86. The minimum atomic E-state index is -0.663. The normalized spacial score (nSPS) is 10.9. The number of nitrogens with zero attached hydrogens (tertiary/aromatic N) is 5. The van der Waals surface area contributed by atoms with E-state index in [2.05, 4.69) is 20.4 Å². The van der Waals surface area contributed by atoms with Crippen LogP contribution in [0.15, 0.2) is 54.9 Å². The summed E-state index contributed by atoms with van der Waals surface area (Å²) in [5.41, 5.74) is 1.83. The van der Waals surface area contributed by atoms with E-state index >= 15 is 0 Å². The van der Waals surface area contributed by atoms with Crippen LogP contribution in [0, 0.1) is 15.9 Å². The summed E-state index contributed by atoms with van der Waals surface area (Å²) < 4.78 is 16.0. The Morgan fingerprint density at radius 1 is 1.19 bits per heavy atom. The number of nitro groups is 1. The first-order valence-electron chi connectivity index (χ1n) is 7.97. The molecule has 0 aliphatic rings. The van der Waals surface area contributed by atoms with Gasteiger partial charge in [-0.25, -0.2) is 14.4 Å². The van der Waals surface area contributed by atoms with E-state index in [0.717, 1.165) is 17.1 Å². The number of aromatic nitrogens is 4. The molecule has 0 aliphatic carbocycles. The Morgan fingerprint density at radius 3 is 2.85 bits per heavy atom. The molecule has 4 aromatic rings. The Kier molecular flexibility index (Phi) is 3.96. The number of rotatable bonds is 4. The van der Waals surface area contributed by atoms with Gasteiger partial charge >= 0.3 is 0 Å². The Hall–Kier alpha value is -3.88. The van der Waals surface area contributed by atoms with Gasteiger partial charge in [0, 0.05) is 35.8 Å². The number of nitro benzene ring substituents is 1. The van der Waals surface area contributed by atoms with Crippen LogP contribution < -0.4 is 5.32 Å². The van der Waals surface area contributed by atoms with Crippen molar-refractivity contribution in [2.24, 2.45) is 7.05 Å². The van der Waals surface area contributed by atoms with Gasteiger partial charge in [-0.1, -0.05) is 12.1 Å². The van der Waals surface area contributed by atoms with Crippen LogP contribution in [0.5, 0.6) is 0 Å². The summed E-state index contributed by atoms with van der Waals surface area (Å²) in [6, 6.07) is 11.3. The van der Waals surface area contributed by atoms with Crippen LogP contribution in [-0.2, 0) is 7.05 Å². The van der Waals surface area contributed by atoms with Crippen LogP contribution in [0.4, 0.5) is 21.7 Å². The summed E-state index contributed by atoms with van der Waals surface area (Å²) in [6.45, 7) is 0. The van der Waals surface area contributed by atoms with E-state index in [1.807, 2.05) is 25.2 Å². The summed E-state index contributed by atoms with van der Waals surface area (Å²) in [7, 11) is 1.85. The van der Waals surface area contributed by atoms with Crippen LogP contribution in [-0.4, -0.2) is 24.7 Å². The van der Waals surface area contributed by atoms with Crippen molar-refractivity contribution in [3.05, 3.63) is 70.8 Å². The van der Waals surface area contributed by atoms with Gasteiger partial charge in [-0.15, -0.1) is 0 Å². The average molecular weight is 364 g/mol. The highest BCUT2D eigenvalue weighted by molar-refractivity contribution is 5.83. The van der Waals surface area contributed by atoms with Crippen molar-refractivity contribution in [2.75, 3.05) is 5.32 Å². The molecule has 0 saturated heterocycles. The molecule has 0 aliphatic heterocycles. The van der Waals surface area contributed by atoms with E-state index in [9.17, 15) is 14.5 Å². The van der Waals surface area contributed by atoms with Crippen LogP contribution in [0.2, 0.25) is 0 Å². The Morgan fingerprint density at radius 2 is 2.04 bits per heavy atom. The van der Waals surface area contributed by atoms with E-state index in [1.54, 1.807) is 16.9 Å². The minimum Gasteiger partial charge on any atom is -0.324 e. The lowest BCUT2D eigenvalue weighted by Crippen LogP contribution is -2.01. The molecule has 8 nitrogen and oxygen atoms in total. The average Bonchev–Trinajstić information content (AvgIpc) is 3.04. The summed E-state index contributed by atoms with van der Waals surface area (Å²) >= 11 is 0. The van der Waals surface area contributed by atoms with Gasteiger partial charge in [0.05, 0.1) is 22.8 Å². The predicted molar refractivity (Wildman–Crippen MR) is 98.1 cm³/mol. The molecular weight excluding hydrogens is 351 g/mol. The zero-order chi connectivity index (χ0) is 19.0. The molecule has 0 bridgehead atoms. The van der Waals surface area contributed by atoms with Crippen molar-refractivity contribution in [1.29, 1.82) is 0 Å². The first kappa shape index (κ1) is 16.6. The van der Waals surface area contributed by atoms with E-state index < -0.39 is 10.7 Å². The largest absolute Gasteiger partial charge is 0.324 e. The van der Waals surface area contributed by atoms with Gasteiger partial charge in [0.1, 0.15) is 5.69 Å². The quantitative estimate of drug-likeness (QED) is 0.436. The van der Waals surface area contributed by atoms with Crippen molar-refractivity contribution < 1.29 is 9.31 Å². The minimum absolute atomic E-state index is 0.0151. The molecular formula is C18H13FN6O2. The zero-order valence-electron chi connectivity index (χ0n) is 14.1. The molecule has 0 spiro atoms. The lowest BCUT2D eigenvalue weighted by molar-refractivity contribution is -0.384. The molecule has 27 heavy (non-hydrogen) atoms. The Labute approximate surface area is 152 Å². The molecule has 9 heteroatoms. The summed E-state index contributed by atoms with van der Waals surface area (Å²) in [5, 5.41) is 19.1. The first-order valence-corrected chi connectivity index (χ1v) is 7.97. The second-order valence-corrected chi connectivity index (χ2v) is 5.86. The number of hydrogen-bond donors (Lipinski definition) is 1. The molecule has 0 saturated carbocycles. The van der Waals surface area contributed by atoms with Gasteiger partial charge in [0.25, 0.3) is 5.69 Å². The van der Waals surface area contributed by atoms with Gasteiger partial charge in [-0.05, 0) is 18.2 Å². The molecule has 2 aromatic carbocycles. The number of benzene rings is 2. The zero-order valence-corrected chi connectivity index (χ0v) is 14.1.